The highest BCUT2D eigenvalue weighted by Crippen LogP contribution is 2.28. The Bertz CT molecular complexity index is 489. The van der Waals surface area contributed by atoms with Crippen LogP contribution in [0.3, 0.4) is 0 Å². The van der Waals surface area contributed by atoms with Crippen molar-refractivity contribution in [2.75, 3.05) is 0 Å². The first kappa shape index (κ1) is 13.8. The van der Waals surface area contributed by atoms with Crippen LogP contribution in [0.15, 0.2) is 42.6 Å². The summed E-state index contributed by atoms with van der Waals surface area (Å²) in [5.41, 5.74) is -1.09. The zero-order chi connectivity index (χ0) is 13.6. The van der Waals surface area contributed by atoms with E-state index in [4.69, 9.17) is 10.2 Å². The molecule has 0 aliphatic heterocycles. The molecule has 4 nitrogen and oxygen atoms in total. The number of pyridine rings is 2. The molecule has 0 aromatic carbocycles. The molecule has 0 bridgehead atoms. The number of rotatable bonds is 0. The standard InChI is InChI=1S/C6H4F3NO.C5H5NO/c7-6(8,9)4-2-1-3-5(11)10-4;7-5-3-1-2-4-6-5/h1-3H,(H,10,11);1-4H,(H,6,7). The molecule has 0 saturated heterocycles. The van der Waals surface area contributed by atoms with E-state index in [1.54, 1.807) is 12.1 Å². The second-order valence-electron chi connectivity index (χ2n) is 3.07. The zero-order valence-electron chi connectivity index (χ0n) is 8.96. The van der Waals surface area contributed by atoms with Gasteiger partial charge in [-0.3, -0.25) is 0 Å². The highest BCUT2D eigenvalue weighted by atomic mass is 19.4. The Labute approximate surface area is 100 Å². The maximum atomic E-state index is 11.8. The maximum Gasteiger partial charge on any atom is 0.433 e. The molecule has 2 aromatic rings. The quantitative estimate of drug-likeness (QED) is 0.762. The van der Waals surface area contributed by atoms with Crippen molar-refractivity contribution in [2.45, 2.75) is 6.18 Å². The number of aromatic nitrogens is 2. The zero-order valence-corrected chi connectivity index (χ0v) is 8.96. The Hall–Kier alpha value is -2.31. The van der Waals surface area contributed by atoms with E-state index in [1.807, 2.05) is 0 Å². The Morgan fingerprint density at radius 2 is 1.56 bits per heavy atom. The fourth-order valence-electron chi connectivity index (χ4n) is 0.935. The molecular weight excluding hydrogens is 249 g/mol. The summed E-state index contributed by atoms with van der Waals surface area (Å²) < 4.78 is 35.4. The lowest BCUT2D eigenvalue weighted by atomic mass is 10.3. The predicted octanol–water partition coefficient (Wildman–Crippen LogP) is 2.59. The molecule has 0 radical (unpaired) electrons. The molecule has 0 aliphatic rings. The van der Waals surface area contributed by atoms with Gasteiger partial charge in [-0.25, -0.2) is 9.97 Å². The van der Waals surface area contributed by atoms with Crippen molar-refractivity contribution in [2.24, 2.45) is 0 Å². The lowest BCUT2D eigenvalue weighted by Crippen LogP contribution is -2.06. The molecule has 96 valence electrons. The fraction of sp³-hybridized carbons (Fsp3) is 0.0909. The number of hydrogen-bond acceptors (Lipinski definition) is 4. The molecule has 0 spiro atoms. The van der Waals surface area contributed by atoms with Gasteiger partial charge in [-0.1, -0.05) is 12.1 Å². The lowest BCUT2D eigenvalue weighted by molar-refractivity contribution is -0.141. The van der Waals surface area contributed by atoms with Crippen molar-refractivity contribution in [3.05, 3.63) is 48.3 Å². The molecule has 0 amide bonds. The normalized spacial score (nSPS) is 10.4. The molecular formula is C11H9F3N2O2. The van der Waals surface area contributed by atoms with E-state index in [-0.39, 0.29) is 5.88 Å². The Morgan fingerprint density at radius 3 is 1.89 bits per heavy atom. The summed E-state index contributed by atoms with van der Waals surface area (Å²) in [5.74, 6) is -0.553. The van der Waals surface area contributed by atoms with Gasteiger partial charge in [0.25, 0.3) is 0 Å². The maximum absolute atomic E-state index is 11.8. The first-order valence-electron chi connectivity index (χ1n) is 4.73. The first-order valence-corrected chi connectivity index (χ1v) is 4.73. The van der Waals surface area contributed by atoms with E-state index in [1.165, 1.54) is 12.3 Å². The van der Waals surface area contributed by atoms with Crippen LogP contribution in [-0.2, 0) is 6.18 Å². The van der Waals surface area contributed by atoms with Gasteiger partial charge in [-0.05, 0) is 12.1 Å². The van der Waals surface area contributed by atoms with Crippen molar-refractivity contribution in [3.63, 3.8) is 0 Å². The second kappa shape index (κ2) is 5.85. The van der Waals surface area contributed by atoms with Gasteiger partial charge in [0, 0.05) is 18.3 Å². The number of alkyl halides is 3. The molecule has 0 fully saturated rings. The number of halogens is 3. The lowest BCUT2D eigenvalue weighted by Gasteiger charge is -2.03. The van der Waals surface area contributed by atoms with E-state index in [2.05, 4.69) is 9.97 Å². The highest BCUT2D eigenvalue weighted by molar-refractivity contribution is 5.16. The van der Waals surface area contributed by atoms with Gasteiger partial charge in [-0.2, -0.15) is 13.2 Å². The third kappa shape index (κ3) is 4.69. The van der Waals surface area contributed by atoms with Crippen LogP contribution < -0.4 is 0 Å². The Kier molecular flexibility index (Phi) is 4.47. The summed E-state index contributed by atoms with van der Waals surface area (Å²) in [4.78, 5) is 6.41. The van der Waals surface area contributed by atoms with Crippen LogP contribution >= 0.6 is 0 Å². The van der Waals surface area contributed by atoms with Crippen molar-refractivity contribution >= 4 is 0 Å². The second-order valence-corrected chi connectivity index (χ2v) is 3.07. The topological polar surface area (TPSA) is 66.2 Å². The molecule has 2 heterocycles. The van der Waals surface area contributed by atoms with Crippen molar-refractivity contribution in [1.82, 2.24) is 9.97 Å². The monoisotopic (exact) mass is 258 g/mol. The van der Waals surface area contributed by atoms with Crippen LogP contribution in [0, 0.1) is 0 Å². The van der Waals surface area contributed by atoms with Gasteiger partial charge in [0.1, 0.15) is 5.69 Å². The number of hydrogen-bond donors (Lipinski definition) is 2. The van der Waals surface area contributed by atoms with Gasteiger partial charge >= 0.3 is 6.18 Å². The smallest absolute Gasteiger partial charge is 0.433 e. The van der Waals surface area contributed by atoms with Crippen molar-refractivity contribution in [1.29, 1.82) is 0 Å². The van der Waals surface area contributed by atoms with E-state index in [0.717, 1.165) is 18.2 Å². The number of aromatic hydroxyl groups is 2. The van der Waals surface area contributed by atoms with Crippen LogP contribution in [0.5, 0.6) is 11.8 Å². The van der Waals surface area contributed by atoms with Crippen LogP contribution in [0.2, 0.25) is 0 Å². The molecule has 0 aliphatic carbocycles. The van der Waals surface area contributed by atoms with Crippen LogP contribution in [0.1, 0.15) is 5.69 Å². The fourth-order valence-corrected chi connectivity index (χ4v) is 0.935. The average Bonchev–Trinajstić information content (AvgIpc) is 2.30. The van der Waals surface area contributed by atoms with E-state index in [9.17, 15) is 13.2 Å². The Balaban J connectivity index is 0.000000199. The van der Waals surface area contributed by atoms with Crippen LogP contribution in [0.25, 0.3) is 0 Å². The van der Waals surface area contributed by atoms with Crippen LogP contribution in [0.4, 0.5) is 13.2 Å². The van der Waals surface area contributed by atoms with E-state index >= 15 is 0 Å². The van der Waals surface area contributed by atoms with Gasteiger partial charge in [0.15, 0.2) is 0 Å². The van der Waals surface area contributed by atoms with E-state index < -0.39 is 17.8 Å². The van der Waals surface area contributed by atoms with Gasteiger partial charge < -0.3 is 10.2 Å². The Morgan fingerprint density at radius 1 is 0.889 bits per heavy atom. The summed E-state index contributed by atoms with van der Waals surface area (Å²) in [7, 11) is 0. The largest absolute Gasteiger partial charge is 0.493 e. The number of nitrogens with zero attached hydrogens (tertiary/aromatic N) is 2. The molecule has 18 heavy (non-hydrogen) atoms. The molecule has 0 atom stereocenters. The first-order chi connectivity index (χ1) is 8.39. The van der Waals surface area contributed by atoms with Gasteiger partial charge in [0.05, 0.1) is 0 Å². The minimum atomic E-state index is -4.49. The summed E-state index contributed by atoms with van der Waals surface area (Å²) in [6, 6.07) is 7.96. The molecule has 0 unspecified atom stereocenters. The summed E-state index contributed by atoms with van der Waals surface area (Å²) in [5, 5.41) is 17.1. The molecule has 2 N–H and O–H groups in total. The summed E-state index contributed by atoms with van der Waals surface area (Å²) >= 11 is 0. The minimum Gasteiger partial charge on any atom is -0.493 e. The summed E-state index contributed by atoms with van der Waals surface area (Å²) in [6.07, 6.45) is -2.95. The summed E-state index contributed by atoms with van der Waals surface area (Å²) in [6.45, 7) is 0. The van der Waals surface area contributed by atoms with Gasteiger partial charge in [-0.15, -0.1) is 0 Å². The molecule has 2 aromatic heterocycles. The van der Waals surface area contributed by atoms with Crippen molar-refractivity contribution < 1.29 is 23.4 Å². The highest BCUT2D eigenvalue weighted by Gasteiger charge is 2.32. The molecule has 2 rings (SSSR count). The third-order valence-electron chi connectivity index (χ3n) is 1.67. The average molecular weight is 258 g/mol. The van der Waals surface area contributed by atoms with Crippen LogP contribution in [-0.4, -0.2) is 20.2 Å². The minimum absolute atomic E-state index is 0.0718. The van der Waals surface area contributed by atoms with Crippen molar-refractivity contribution in [3.8, 4) is 11.8 Å². The predicted molar refractivity (Wildman–Crippen MR) is 56.8 cm³/mol. The molecule has 0 saturated carbocycles. The SMILES string of the molecule is Oc1cccc(C(F)(F)F)n1.Oc1ccccn1. The third-order valence-corrected chi connectivity index (χ3v) is 1.67. The molecule has 7 heteroatoms. The van der Waals surface area contributed by atoms with Gasteiger partial charge in [0.2, 0.25) is 11.8 Å². The van der Waals surface area contributed by atoms with E-state index in [0.29, 0.717) is 0 Å².